The fraction of sp³-hybridized carbons (Fsp3) is 0.235. The van der Waals surface area contributed by atoms with E-state index in [2.05, 4.69) is 5.32 Å². The molecule has 1 amide bonds. The van der Waals surface area contributed by atoms with E-state index < -0.39 is 11.3 Å². The Balaban J connectivity index is 2.48. The lowest BCUT2D eigenvalue weighted by molar-refractivity contribution is -0.122. The van der Waals surface area contributed by atoms with Crippen molar-refractivity contribution in [1.82, 2.24) is 0 Å². The highest BCUT2D eigenvalue weighted by Gasteiger charge is 2.58. The molecule has 0 fully saturated rings. The highest BCUT2D eigenvalue weighted by Crippen LogP contribution is 2.51. The molecule has 116 valence electrons. The predicted octanol–water partition coefficient (Wildman–Crippen LogP) is 1.77. The van der Waals surface area contributed by atoms with E-state index in [9.17, 15) is 14.9 Å². The summed E-state index contributed by atoms with van der Waals surface area (Å²) in [7, 11) is 0. The number of nitriles is 1. The zero-order valence-corrected chi connectivity index (χ0v) is 13.0. The van der Waals surface area contributed by atoms with Gasteiger partial charge in [0.1, 0.15) is 22.8 Å². The third-order valence-corrected chi connectivity index (χ3v) is 4.24. The number of Topliss-reactive ketones (excluding diaryl/α,β-unsaturated/α-hetero) is 1. The number of aryl methyl sites for hydroxylation is 1. The summed E-state index contributed by atoms with van der Waals surface area (Å²) in [5, 5.41) is 12.4. The highest BCUT2D eigenvalue weighted by atomic mass is 16.5. The van der Waals surface area contributed by atoms with Crippen molar-refractivity contribution in [2.45, 2.75) is 26.2 Å². The van der Waals surface area contributed by atoms with Crippen molar-refractivity contribution in [2.24, 2.45) is 5.73 Å². The van der Waals surface area contributed by atoms with Gasteiger partial charge in [-0.25, -0.2) is 0 Å². The first-order chi connectivity index (χ1) is 10.8. The number of ketones is 1. The predicted molar refractivity (Wildman–Crippen MR) is 82.8 cm³/mol. The van der Waals surface area contributed by atoms with E-state index in [-0.39, 0.29) is 28.6 Å². The number of anilines is 1. The zero-order valence-electron chi connectivity index (χ0n) is 13.0. The molecule has 0 unspecified atom stereocenters. The van der Waals surface area contributed by atoms with Crippen molar-refractivity contribution in [2.75, 3.05) is 5.32 Å². The first-order valence-electron chi connectivity index (χ1n) is 7.07. The van der Waals surface area contributed by atoms with Gasteiger partial charge in [0.15, 0.2) is 5.78 Å². The quantitative estimate of drug-likeness (QED) is 0.822. The molecule has 3 N–H and O–H groups in total. The Labute approximate surface area is 133 Å². The van der Waals surface area contributed by atoms with E-state index in [0.29, 0.717) is 11.3 Å². The van der Waals surface area contributed by atoms with E-state index in [1.54, 1.807) is 19.1 Å². The van der Waals surface area contributed by atoms with Gasteiger partial charge in [0, 0.05) is 11.3 Å². The highest BCUT2D eigenvalue weighted by molar-refractivity contribution is 6.18. The molecule has 3 rings (SSSR count). The van der Waals surface area contributed by atoms with E-state index >= 15 is 0 Å². The maximum absolute atomic E-state index is 12.9. The molecule has 0 aromatic heterocycles. The topological polar surface area (TPSA) is 105 Å². The summed E-state index contributed by atoms with van der Waals surface area (Å²) in [4.78, 5) is 25.2. The van der Waals surface area contributed by atoms with Gasteiger partial charge in [0.25, 0.3) is 0 Å². The van der Waals surface area contributed by atoms with Crippen molar-refractivity contribution < 1.29 is 14.3 Å². The molecule has 6 nitrogen and oxygen atoms in total. The van der Waals surface area contributed by atoms with Crippen molar-refractivity contribution in [3.63, 3.8) is 0 Å². The van der Waals surface area contributed by atoms with Gasteiger partial charge in [-0.1, -0.05) is 17.7 Å². The number of allylic oxidation sites excluding steroid dienone is 1. The SMILES string of the molecule is CC(=O)C1=C(C)OC(N)=C(C#N)[C@@]12C(=O)Nc1ccc(C)cc12. The summed E-state index contributed by atoms with van der Waals surface area (Å²) in [6.45, 7) is 4.79. The lowest BCUT2D eigenvalue weighted by Crippen LogP contribution is -2.44. The summed E-state index contributed by atoms with van der Waals surface area (Å²) in [6, 6.07) is 7.36. The number of hydrogen-bond acceptors (Lipinski definition) is 5. The van der Waals surface area contributed by atoms with Crippen molar-refractivity contribution in [1.29, 1.82) is 5.26 Å². The number of nitrogens with two attached hydrogens (primary N) is 1. The smallest absolute Gasteiger partial charge is 0.245 e. The van der Waals surface area contributed by atoms with Gasteiger partial charge < -0.3 is 15.8 Å². The average molecular weight is 309 g/mol. The Bertz CT molecular complexity index is 874. The van der Waals surface area contributed by atoms with Crippen LogP contribution in [0, 0.1) is 18.3 Å². The largest absolute Gasteiger partial charge is 0.445 e. The number of rotatable bonds is 1. The van der Waals surface area contributed by atoms with Crippen LogP contribution in [0.2, 0.25) is 0 Å². The molecule has 0 aliphatic carbocycles. The number of benzene rings is 1. The minimum Gasteiger partial charge on any atom is -0.445 e. The number of nitrogens with one attached hydrogen (secondary N) is 1. The number of carbonyl (C=O) groups excluding carboxylic acids is 2. The summed E-state index contributed by atoms with van der Waals surface area (Å²) < 4.78 is 5.36. The van der Waals surface area contributed by atoms with Gasteiger partial charge >= 0.3 is 0 Å². The van der Waals surface area contributed by atoms with Gasteiger partial charge in [0.2, 0.25) is 11.8 Å². The molecular weight excluding hydrogens is 294 g/mol. The number of carbonyl (C=O) groups is 2. The normalized spacial score (nSPS) is 22.6. The number of hydrogen-bond donors (Lipinski definition) is 2. The zero-order chi connectivity index (χ0) is 16.9. The van der Waals surface area contributed by atoms with Crippen LogP contribution in [-0.4, -0.2) is 11.7 Å². The van der Waals surface area contributed by atoms with Crippen molar-refractivity contribution in [3.8, 4) is 6.07 Å². The van der Waals surface area contributed by atoms with Crippen LogP contribution in [0.5, 0.6) is 0 Å². The van der Waals surface area contributed by atoms with Crippen LogP contribution in [-0.2, 0) is 19.7 Å². The van der Waals surface area contributed by atoms with Gasteiger partial charge in [0.05, 0.1) is 5.57 Å². The number of ether oxygens (including phenoxy) is 1. The van der Waals surface area contributed by atoms with E-state index in [1.807, 2.05) is 19.1 Å². The third-order valence-electron chi connectivity index (χ3n) is 4.24. The molecule has 2 aliphatic heterocycles. The average Bonchev–Trinajstić information content (AvgIpc) is 2.72. The second-order valence-electron chi connectivity index (χ2n) is 5.69. The second kappa shape index (κ2) is 4.71. The Morgan fingerprint density at radius 3 is 2.70 bits per heavy atom. The standard InChI is InChI=1S/C17H15N3O3/c1-8-4-5-13-11(6-8)17(16(22)20-13)12(7-18)15(19)23-10(3)14(17)9(2)21/h4-6H,19H2,1-3H3,(H,20,22)/t17-/m1/s1. The Morgan fingerprint density at radius 1 is 1.39 bits per heavy atom. The Hall–Kier alpha value is -3.07. The molecule has 1 aromatic rings. The van der Waals surface area contributed by atoms with E-state index in [0.717, 1.165) is 5.56 Å². The van der Waals surface area contributed by atoms with Crippen LogP contribution >= 0.6 is 0 Å². The maximum atomic E-state index is 12.9. The first-order valence-corrected chi connectivity index (χ1v) is 7.07. The number of amides is 1. The number of fused-ring (bicyclic) bond motifs is 2. The van der Waals surface area contributed by atoms with Crippen LogP contribution in [0.25, 0.3) is 0 Å². The van der Waals surface area contributed by atoms with Gasteiger partial charge in [-0.2, -0.15) is 5.26 Å². The van der Waals surface area contributed by atoms with Crippen LogP contribution in [0.4, 0.5) is 5.69 Å². The van der Waals surface area contributed by atoms with Crippen molar-refractivity contribution >= 4 is 17.4 Å². The molecule has 6 heteroatoms. The molecule has 0 radical (unpaired) electrons. The van der Waals surface area contributed by atoms with Crippen molar-refractivity contribution in [3.05, 3.63) is 52.1 Å². The lowest BCUT2D eigenvalue weighted by atomic mass is 9.67. The van der Waals surface area contributed by atoms with Gasteiger partial charge in [-0.05, 0) is 26.8 Å². The third kappa shape index (κ3) is 1.73. The molecule has 1 atom stereocenters. The molecule has 0 saturated heterocycles. The van der Waals surface area contributed by atoms with Gasteiger partial charge in [-0.15, -0.1) is 0 Å². The Morgan fingerprint density at radius 2 is 2.09 bits per heavy atom. The van der Waals surface area contributed by atoms with Crippen LogP contribution in [0.15, 0.2) is 41.0 Å². The van der Waals surface area contributed by atoms with Crippen LogP contribution in [0.3, 0.4) is 0 Å². The number of nitrogens with zero attached hydrogens (tertiary/aromatic N) is 1. The molecular formula is C17H15N3O3. The second-order valence-corrected chi connectivity index (χ2v) is 5.69. The van der Waals surface area contributed by atoms with Crippen LogP contribution in [0.1, 0.15) is 25.0 Å². The molecule has 0 bridgehead atoms. The monoisotopic (exact) mass is 309 g/mol. The summed E-state index contributed by atoms with van der Waals surface area (Å²) in [5.74, 6) is -0.726. The fourth-order valence-electron chi connectivity index (χ4n) is 3.40. The summed E-state index contributed by atoms with van der Waals surface area (Å²) in [5.41, 5.74) is 6.42. The molecule has 1 aromatic carbocycles. The molecule has 2 heterocycles. The summed E-state index contributed by atoms with van der Waals surface area (Å²) in [6.07, 6.45) is 0. The van der Waals surface area contributed by atoms with Gasteiger partial charge in [-0.3, -0.25) is 9.59 Å². The fourth-order valence-corrected chi connectivity index (χ4v) is 3.40. The minimum atomic E-state index is -1.55. The molecule has 23 heavy (non-hydrogen) atoms. The van der Waals surface area contributed by atoms with Crippen LogP contribution < -0.4 is 11.1 Å². The molecule has 0 saturated carbocycles. The Kier molecular flexibility index (Phi) is 3.04. The molecule has 2 aliphatic rings. The maximum Gasteiger partial charge on any atom is 0.245 e. The molecule has 1 spiro atoms. The lowest BCUT2D eigenvalue weighted by Gasteiger charge is -2.34. The van der Waals surface area contributed by atoms with E-state index in [1.165, 1.54) is 6.92 Å². The minimum absolute atomic E-state index is 0.0600. The first kappa shape index (κ1) is 14.9. The summed E-state index contributed by atoms with van der Waals surface area (Å²) >= 11 is 0. The van der Waals surface area contributed by atoms with E-state index in [4.69, 9.17) is 10.5 Å².